The average Bonchev–Trinajstić information content (AvgIpc) is 1.87. The SMILES string of the molecule is CC=CC(=O)NCCC(C)C. The van der Waals surface area contributed by atoms with Crippen molar-refractivity contribution in [1.82, 2.24) is 5.32 Å². The number of rotatable bonds is 4. The van der Waals surface area contributed by atoms with E-state index in [1.165, 1.54) is 0 Å². The minimum atomic E-state index is 0.00755. The van der Waals surface area contributed by atoms with Crippen molar-refractivity contribution in [3.05, 3.63) is 12.2 Å². The number of allylic oxidation sites excluding steroid dienone is 1. The highest BCUT2D eigenvalue weighted by molar-refractivity contribution is 5.87. The molecule has 2 heteroatoms. The molecule has 0 heterocycles. The van der Waals surface area contributed by atoms with Crippen LogP contribution in [-0.2, 0) is 4.79 Å². The number of carbonyl (C=O) groups excluding carboxylic acids is 1. The molecule has 0 saturated heterocycles. The second-order valence-electron chi connectivity index (χ2n) is 2.97. The van der Waals surface area contributed by atoms with E-state index in [0.29, 0.717) is 5.92 Å². The molecule has 0 radical (unpaired) electrons. The van der Waals surface area contributed by atoms with Crippen molar-refractivity contribution in [2.75, 3.05) is 6.54 Å². The highest BCUT2D eigenvalue weighted by atomic mass is 16.1. The third-order valence-electron chi connectivity index (χ3n) is 1.34. The number of hydrogen-bond acceptors (Lipinski definition) is 1. The predicted octanol–water partition coefficient (Wildman–Crippen LogP) is 1.72. The van der Waals surface area contributed by atoms with Gasteiger partial charge in [0.2, 0.25) is 5.91 Å². The molecule has 0 aromatic rings. The molecular formula is C9H17NO. The molecule has 0 fully saturated rings. The van der Waals surface area contributed by atoms with Crippen LogP contribution in [0.4, 0.5) is 0 Å². The first-order chi connectivity index (χ1) is 5.16. The Hall–Kier alpha value is -0.790. The first-order valence-electron chi connectivity index (χ1n) is 4.07. The van der Waals surface area contributed by atoms with Crippen molar-refractivity contribution < 1.29 is 4.79 Å². The van der Waals surface area contributed by atoms with Gasteiger partial charge in [0, 0.05) is 6.54 Å². The van der Waals surface area contributed by atoms with Gasteiger partial charge in [-0.05, 0) is 25.3 Å². The fourth-order valence-electron chi connectivity index (χ4n) is 0.694. The van der Waals surface area contributed by atoms with E-state index in [9.17, 15) is 4.79 Å². The van der Waals surface area contributed by atoms with Gasteiger partial charge in [0.15, 0.2) is 0 Å². The quantitative estimate of drug-likeness (QED) is 0.615. The zero-order chi connectivity index (χ0) is 8.69. The maximum Gasteiger partial charge on any atom is 0.243 e. The van der Waals surface area contributed by atoms with Crippen LogP contribution in [-0.4, -0.2) is 12.5 Å². The molecule has 0 aromatic heterocycles. The number of hydrogen-bond donors (Lipinski definition) is 1. The molecule has 0 saturated carbocycles. The molecule has 0 atom stereocenters. The van der Waals surface area contributed by atoms with Crippen LogP contribution < -0.4 is 5.32 Å². The molecule has 0 unspecified atom stereocenters. The van der Waals surface area contributed by atoms with E-state index in [0.717, 1.165) is 13.0 Å². The van der Waals surface area contributed by atoms with E-state index < -0.39 is 0 Å². The molecule has 1 amide bonds. The van der Waals surface area contributed by atoms with Crippen molar-refractivity contribution in [1.29, 1.82) is 0 Å². The summed E-state index contributed by atoms with van der Waals surface area (Å²) in [7, 11) is 0. The van der Waals surface area contributed by atoms with E-state index in [1.54, 1.807) is 12.2 Å². The fraction of sp³-hybridized carbons (Fsp3) is 0.667. The lowest BCUT2D eigenvalue weighted by Crippen LogP contribution is -2.22. The van der Waals surface area contributed by atoms with Gasteiger partial charge < -0.3 is 5.32 Å². The summed E-state index contributed by atoms with van der Waals surface area (Å²) < 4.78 is 0. The maximum absolute atomic E-state index is 10.8. The average molecular weight is 155 g/mol. The molecule has 2 nitrogen and oxygen atoms in total. The number of nitrogens with one attached hydrogen (secondary N) is 1. The van der Waals surface area contributed by atoms with Crippen LogP contribution in [0.2, 0.25) is 0 Å². The Kier molecular flexibility index (Phi) is 5.53. The van der Waals surface area contributed by atoms with Crippen LogP contribution in [0.5, 0.6) is 0 Å². The Morgan fingerprint density at radius 3 is 2.64 bits per heavy atom. The van der Waals surface area contributed by atoms with Gasteiger partial charge in [0.05, 0.1) is 0 Å². The summed E-state index contributed by atoms with van der Waals surface area (Å²) in [4.78, 5) is 10.8. The Labute approximate surface area is 68.7 Å². The summed E-state index contributed by atoms with van der Waals surface area (Å²) in [5, 5.41) is 2.79. The van der Waals surface area contributed by atoms with E-state index in [-0.39, 0.29) is 5.91 Å². The Bertz CT molecular complexity index is 138. The normalized spacial score (nSPS) is 10.9. The van der Waals surface area contributed by atoms with Crippen LogP contribution in [0.3, 0.4) is 0 Å². The smallest absolute Gasteiger partial charge is 0.243 e. The van der Waals surface area contributed by atoms with Crippen LogP contribution in [0, 0.1) is 5.92 Å². The number of carbonyl (C=O) groups is 1. The van der Waals surface area contributed by atoms with Gasteiger partial charge in [-0.1, -0.05) is 19.9 Å². The fourth-order valence-corrected chi connectivity index (χ4v) is 0.694. The zero-order valence-corrected chi connectivity index (χ0v) is 7.55. The molecule has 0 spiro atoms. The standard InChI is InChI=1S/C9H17NO/c1-4-5-9(11)10-7-6-8(2)3/h4-5,8H,6-7H2,1-3H3,(H,10,11). The Morgan fingerprint density at radius 2 is 2.18 bits per heavy atom. The third-order valence-corrected chi connectivity index (χ3v) is 1.34. The predicted molar refractivity (Wildman–Crippen MR) is 47.3 cm³/mol. The van der Waals surface area contributed by atoms with Crippen molar-refractivity contribution in [3.63, 3.8) is 0 Å². The van der Waals surface area contributed by atoms with Crippen molar-refractivity contribution in [3.8, 4) is 0 Å². The lowest BCUT2D eigenvalue weighted by molar-refractivity contribution is -0.116. The second-order valence-corrected chi connectivity index (χ2v) is 2.97. The zero-order valence-electron chi connectivity index (χ0n) is 7.55. The Balaban J connectivity index is 3.32. The van der Waals surface area contributed by atoms with Crippen molar-refractivity contribution in [2.24, 2.45) is 5.92 Å². The lowest BCUT2D eigenvalue weighted by Gasteiger charge is -2.03. The largest absolute Gasteiger partial charge is 0.353 e. The molecule has 0 bridgehead atoms. The second kappa shape index (κ2) is 5.96. The number of amides is 1. The van der Waals surface area contributed by atoms with E-state index >= 15 is 0 Å². The van der Waals surface area contributed by atoms with Gasteiger partial charge in [0.1, 0.15) is 0 Å². The highest BCUT2D eigenvalue weighted by Crippen LogP contribution is 1.95. The summed E-state index contributed by atoms with van der Waals surface area (Å²) in [6.07, 6.45) is 4.33. The van der Waals surface area contributed by atoms with E-state index in [4.69, 9.17) is 0 Å². The van der Waals surface area contributed by atoms with Crippen molar-refractivity contribution >= 4 is 5.91 Å². The Morgan fingerprint density at radius 1 is 1.55 bits per heavy atom. The molecule has 0 aliphatic rings. The van der Waals surface area contributed by atoms with E-state index in [1.807, 2.05) is 6.92 Å². The van der Waals surface area contributed by atoms with Crippen LogP contribution in [0.15, 0.2) is 12.2 Å². The third kappa shape index (κ3) is 7.10. The summed E-state index contributed by atoms with van der Waals surface area (Å²) in [5.41, 5.74) is 0. The van der Waals surface area contributed by atoms with Crippen molar-refractivity contribution in [2.45, 2.75) is 27.2 Å². The highest BCUT2D eigenvalue weighted by Gasteiger charge is 1.95. The van der Waals surface area contributed by atoms with Crippen LogP contribution >= 0.6 is 0 Å². The van der Waals surface area contributed by atoms with Crippen LogP contribution in [0.1, 0.15) is 27.2 Å². The van der Waals surface area contributed by atoms with Gasteiger partial charge >= 0.3 is 0 Å². The minimum absolute atomic E-state index is 0.00755. The molecule has 11 heavy (non-hydrogen) atoms. The summed E-state index contributed by atoms with van der Waals surface area (Å²) in [5.74, 6) is 0.661. The van der Waals surface area contributed by atoms with Gasteiger partial charge in [-0.3, -0.25) is 4.79 Å². The first-order valence-corrected chi connectivity index (χ1v) is 4.07. The summed E-state index contributed by atoms with van der Waals surface area (Å²) in [6.45, 7) is 6.90. The van der Waals surface area contributed by atoms with Gasteiger partial charge in [-0.25, -0.2) is 0 Å². The first kappa shape index (κ1) is 10.2. The molecule has 1 N–H and O–H groups in total. The van der Waals surface area contributed by atoms with E-state index in [2.05, 4.69) is 19.2 Å². The summed E-state index contributed by atoms with van der Waals surface area (Å²) in [6, 6.07) is 0. The van der Waals surface area contributed by atoms with Gasteiger partial charge in [-0.15, -0.1) is 0 Å². The monoisotopic (exact) mass is 155 g/mol. The maximum atomic E-state index is 10.8. The molecular weight excluding hydrogens is 138 g/mol. The van der Waals surface area contributed by atoms with Gasteiger partial charge in [0.25, 0.3) is 0 Å². The van der Waals surface area contributed by atoms with Crippen LogP contribution in [0.25, 0.3) is 0 Å². The van der Waals surface area contributed by atoms with Gasteiger partial charge in [-0.2, -0.15) is 0 Å². The summed E-state index contributed by atoms with van der Waals surface area (Å²) >= 11 is 0. The molecule has 0 aliphatic carbocycles. The minimum Gasteiger partial charge on any atom is -0.353 e. The molecule has 0 rings (SSSR count). The molecule has 0 aromatic carbocycles. The lowest BCUT2D eigenvalue weighted by atomic mass is 10.1. The molecule has 64 valence electrons. The molecule has 0 aliphatic heterocycles. The topological polar surface area (TPSA) is 29.1 Å².